The lowest BCUT2D eigenvalue weighted by Crippen LogP contribution is -2.30. The summed E-state index contributed by atoms with van der Waals surface area (Å²) in [5.41, 5.74) is 1.08. The topological polar surface area (TPSA) is 39.1 Å². The molecule has 2 aromatic rings. The van der Waals surface area contributed by atoms with Gasteiger partial charge in [-0.15, -0.1) is 0 Å². The van der Waals surface area contributed by atoms with E-state index in [1.165, 1.54) is 12.8 Å². The van der Waals surface area contributed by atoms with Crippen molar-refractivity contribution < 1.29 is 4.74 Å². The Hall–Kier alpha value is -1.81. The van der Waals surface area contributed by atoms with E-state index in [0.717, 1.165) is 25.4 Å². The van der Waals surface area contributed by atoms with Gasteiger partial charge >= 0.3 is 6.01 Å². The molecule has 4 heteroatoms. The molecule has 0 amide bonds. The molecule has 100 valence electrons. The highest BCUT2D eigenvalue weighted by Crippen LogP contribution is 2.18. The Labute approximate surface area is 113 Å². The van der Waals surface area contributed by atoms with E-state index < -0.39 is 0 Å². The highest BCUT2D eigenvalue weighted by molar-refractivity contribution is 5.34. The van der Waals surface area contributed by atoms with Crippen LogP contribution in [0.2, 0.25) is 0 Å². The third kappa shape index (κ3) is 2.96. The number of para-hydroxylation sites is 1. The molecular weight excluding hydrogens is 238 g/mol. The summed E-state index contributed by atoms with van der Waals surface area (Å²) in [6.45, 7) is 2.95. The molecule has 1 aromatic carbocycles. The number of aromatic nitrogens is 2. The molecule has 1 N–H and O–H groups in total. The minimum absolute atomic E-state index is 0.641. The van der Waals surface area contributed by atoms with Gasteiger partial charge in [-0.2, -0.15) is 0 Å². The molecular formula is C15H19N3O. The largest absolute Gasteiger partial charge is 0.464 e. The smallest absolute Gasteiger partial charge is 0.300 e. The fourth-order valence-electron chi connectivity index (χ4n) is 2.42. The van der Waals surface area contributed by atoms with Gasteiger partial charge in [0.25, 0.3) is 0 Å². The lowest BCUT2D eigenvalue weighted by molar-refractivity contribution is 0.200. The number of ether oxygens (including phenoxy) is 1. The van der Waals surface area contributed by atoms with Gasteiger partial charge in [-0.3, -0.25) is 4.57 Å². The molecule has 1 aromatic heterocycles. The third-order valence-corrected chi connectivity index (χ3v) is 3.55. The van der Waals surface area contributed by atoms with Crippen LogP contribution >= 0.6 is 0 Å². The number of imidazole rings is 1. The molecule has 4 nitrogen and oxygen atoms in total. The first-order valence-corrected chi connectivity index (χ1v) is 6.86. The van der Waals surface area contributed by atoms with Crippen molar-refractivity contribution in [3.8, 4) is 11.7 Å². The Kier molecular flexibility index (Phi) is 3.79. The number of nitrogens with one attached hydrogen (secondary N) is 1. The molecule has 2 heterocycles. The summed E-state index contributed by atoms with van der Waals surface area (Å²) < 4.78 is 7.88. The van der Waals surface area contributed by atoms with Gasteiger partial charge in [0.05, 0.1) is 12.3 Å². The number of hydrogen-bond acceptors (Lipinski definition) is 3. The first-order chi connectivity index (χ1) is 9.43. The van der Waals surface area contributed by atoms with E-state index in [1.807, 2.05) is 29.0 Å². The quantitative estimate of drug-likeness (QED) is 0.913. The van der Waals surface area contributed by atoms with Crippen molar-refractivity contribution in [1.29, 1.82) is 0 Å². The lowest BCUT2D eigenvalue weighted by Gasteiger charge is -2.22. The summed E-state index contributed by atoms with van der Waals surface area (Å²) in [6, 6.07) is 10.8. The molecule has 3 rings (SSSR count). The van der Waals surface area contributed by atoms with E-state index in [0.29, 0.717) is 11.9 Å². The van der Waals surface area contributed by atoms with Gasteiger partial charge in [0.1, 0.15) is 0 Å². The second-order valence-electron chi connectivity index (χ2n) is 4.92. The van der Waals surface area contributed by atoms with Crippen LogP contribution < -0.4 is 10.1 Å². The van der Waals surface area contributed by atoms with Gasteiger partial charge < -0.3 is 10.1 Å². The van der Waals surface area contributed by atoms with Crippen molar-refractivity contribution in [3.05, 3.63) is 42.7 Å². The minimum atomic E-state index is 0.641. The van der Waals surface area contributed by atoms with Crippen LogP contribution in [0.3, 0.4) is 0 Å². The van der Waals surface area contributed by atoms with E-state index in [1.54, 1.807) is 6.20 Å². The normalized spacial score (nSPS) is 16.4. The first kappa shape index (κ1) is 12.2. The maximum absolute atomic E-state index is 5.90. The van der Waals surface area contributed by atoms with Gasteiger partial charge in [-0.05, 0) is 44.0 Å². The highest BCUT2D eigenvalue weighted by Gasteiger charge is 2.15. The average Bonchev–Trinajstić information content (AvgIpc) is 2.95. The molecule has 0 atom stereocenters. The predicted molar refractivity (Wildman–Crippen MR) is 74.7 cm³/mol. The summed E-state index contributed by atoms with van der Waals surface area (Å²) >= 11 is 0. The van der Waals surface area contributed by atoms with Gasteiger partial charge in [0.15, 0.2) is 0 Å². The summed E-state index contributed by atoms with van der Waals surface area (Å²) in [6.07, 6.45) is 6.09. The van der Waals surface area contributed by atoms with Gasteiger partial charge in [0, 0.05) is 12.4 Å². The number of nitrogens with zero attached hydrogens (tertiary/aromatic N) is 2. The Balaban J connectivity index is 1.67. The van der Waals surface area contributed by atoms with Crippen molar-refractivity contribution in [2.45, 2.75) is 12.8 Å². The van der Waals surface area contributed by atoms with Crippen LogP contribution in [-0.2, 0) is 0 Å². The molecule has 0 radical (unpaired) electrons. The highest BCUT2D eigenvalue weighted by atomic mass is 16.5. The first-order valence-electron chi connectivity index (χ1n) is 6.86. The molecule has 0 saturated carbocycles. The van der Waals surface area contributed by atoms with Crippen LogP contribution in [0.4, 0.5) is 0 Å². The Morgan fingerprint density at radius 3 is 2.79 bits per heavy atom. The molecule has 0 bridgehead atoms. The summed E-state index contributed by atoms with van der Waals surface area (Å²) in [5, 5.41) is 3.37. The van der Waals surface area contributed by atoms with E-state index >= 15 is 0 Å². The summed E-state index contributed by atoms with van der Waals surface area (Å²) in [5.74, 6) is 0.641. The molecule has 1 aliphatic rings. The van der Waals surface area contributed by atoms with Crippen LogP contribution in [0.15, 0.2) is 42.7 Å². The molecule has 1 saturated heterocycles. The van der Waals surface area contributed by atoms with Gasteiger partial charge in [-0.25, -0.2) is 4.98 Å². The lowest BCUT2D eigenvalue weighted by atomic mass is 9.99. The van der Waals surface area contributed by atoms with Crippen molar-refractivity contribution >= 4 is 0 Å². The van der Waals surface area contributed by atoms with Crippen LogP contribution in [0, 0.1) is 5.92 Å². The molecule has 1 fully saturated rings. The van der Waals surface area contributed by atoms with Crippen LogP contribution in [0.5, 0.6) is 6.01 Å². The third-order valence-electron chi connectivity index (χ3n) is 3.55. The standard InChI is InChI=1S/C15H19N3O/c1-2-4-14(5-3-1)18-11-10-17-15(18)19-12-13-6-8-16-9-7-13/h1-5,10-11,13,16H,6-9,12H2. The molecule has 19 heavy (non-hydrogen) atoms. The van der Waals surface area contributed by atoms with Crippen LogP contribution in [0.1, 0.15) is 12.8 Å². The fraction of sp³-hybridized carbons (Fsp3) is 0.400. The van der Waals surface area contributed by atoms with E-state index in [4.69, 9.17) is 4.74 Å². The van der Waals surface area contributed by atoms with Crippen LogP contribution in [-0.4, -0.2) is 29.2 Å². The zero-order valence-corrected chi connectivity index (χ0v) is 11.0. The molecule has 0 unspecified atom stereocenters. The SMILES string of the molecule is c1ccc(-n2ccnc2OCC2CCNCC2)cc1. The Morgan fingerprint density at radius 1 is 1.21 bits per heavy atom. The zero-order valence-electron chi connectivity index (χ0n) is 11.0. The minimum Gasteiger partial charge on any atom is -0.464 e. The monoisotopic (exact) mass is 257 g/mol. The number of piperidine rings is 1. The number of hydrogen-bond donors (Lipinski definition) is 1. The van der Waals surface area contributed by atoms with Gasteiger partial charge in [-0.1, -0.05) is 18.2 Å². The van der Waals surface area contributed by atoms with Crippen molar-refractivity contribution in [2.24, 2.45) is 5.92 Å². The van der Waals surface area contributed by atoms with E-state index in [9.17, 15) is 0 Å². The van der Waals surface area contributed by atoms with Crippen molar-refractivity contribution in [1.82, 2.24) is 14.9 Å². The van der Waals surface area contributed by atoms with E-state index in [2.05, 4.69) is 22.4 Å². The second kappa shape index (κ2) is 5.89. The van der Waals surface area contributed by atoms with Crippen molar-refractivity contribution in [2.75, 3.05) is 19.7 Å². The predicted octanol–water partition coefficient (Wildman–Crippen LogP) is 2.25. The Bertz CT molecular complexity index is 503. The van der Waals surface area contributed by atoms with Crippen molar-refractivity contribution in [3.63, 3.8) is 0 Å². The maximum Gasteiger partial charge on any atom is 0.300 e. The molecule has 0 spiro atoms. The second-order valence-corrected chi connectivity index (χ2v) is 4.92. The average molecular weight is 257 g/mol. The molecule has 1 aliphatic heterocycles. The summed E-state index contributed by atoms with van der Waals surface area (Å²) in [4.78, 5) is 4.30. The molecule has 0 aliphatic carbocycles. The van der Waals surface area contributed by atoms with Gasteiger partial charge in [0.2, 0.25) is 0 Å². The van der Waals surface area contributed by atoms with Crippen LogP contribution in [0.25, 0.3) is 5.69 Å². The van der Waals surface area contributed by atoms with E-state index in [-0.39, 0.29) is 0 Å². The maximum atomic E-state index is 5.90. The fourth-order valence-corrected chi connectivity index (χ4v) is 2.42. The number of rotatable bonds is 4. The zero-order chi connectivity index (χ0) is 12.9. The number of benzene rings is 1. The summed E-state index contributed by atoms with van der Waals surface area (Å²) in [7, 11) is 0. The Morgan fingerprint density at radius 2 is 2.00 bits per heavy atom.